The second kappa shape index (κ2) is 5.09. The fraction of sp³-hybridized carbons (Fsp3) is 0.636. The average Bonchev–Trinajstić information content (AvgIpc) is 2.67. The third-order valence-electron chi connectivity index (χ3n) is 3.16. The van der Waals surface area contributed by atoms with Crippen LogP contribution < -0.4 is 10.6 Å². The maximum atomic E-state index is 11.7. The molecule has 0 saturated carbocycles. The van der Waals surface area contributed by atoms with E-state index < -0.39 is 9.84 Å². The number of hydrogen-bond donors (Lipinski definition) is 2. The highest BCUT2D eigenvalue weighted by Crippen LogP contribution is 2.21. The van der Waals surface area contributed by atoms with Crippen LogP contribution in [-0.2, 0) is 9.84 Å². The molecule has 0 aromatic carbocycles. The Morgan fingerprint density at radius 3 is 2.89 bits per heavy atom. The number of nitrogens with one attached hydrogen (secondary N) is 2. The fourth-order valence-corrected chi connectivity index (χ4v) is 3.80. The first-order chi connectivity index (χ1) is 8.53. The van der Waals surface area contributed by atoms with Crippen LogP contribution in [0, 0.1) is 6.92 Å². The number of aromatic nitrogens is 2. The van der Waals surface area contributed by atoms with Crippen molar-refractivity contribution in [2.45, 2.75) is 25.0 Å². The minimum absolute atomic E-state index is 0.287. The van der Waals surface area contributed by atoms with Gasteiger partial charge in [0, 0.05) is 25.4 Å². The largest absolute Gasteiger partial charge is 0.368 e. The standard InChI is InChI=1S/C11H18N4O2S/c1-8-6-14-11(12-2)15-10(8)13-7-9-4-3-5-18(9,16)17/h6,9H,3-5,7H2,1-2H3,(H2,12,13,14,15). The molecule has 0 amide bonds. The van der Waals surface area contributed by atoms with Gasteiger partial charge in [0.1, 0.15) is 5.82 Å². The highest BCUT2D eigenvalue weighted by molar-refractivity contribution is 7.92. The lowest BCUT2D eigenvalue weighted by molar-refractivity contribution is 0.591. The van der Waals surface area contributed by atoms with Crippen LogP contribution >= 0.6 is 0 Å². The molecule has 0 bridgehead atoms. The molecular formula is C11H18N4O2S. The van der Waals surface area contributed by atoms with Gasteiger partial charge in [-0.25, -0.2) is 13.4 Å². The molecule has 100 valence electrons. The van der Waals surface area contributed by atoms with Crippen molar-refractivity contribution < 1.29 is 8.42 Å². The van der Waals surface area contributed by atoms with Crippen molar-refractivity contribution in [2.75, 3.05) is 30.0 Å². The smallest absolute Gasteiger partial charge is 0.224 e. The number of hydrogen-bond acceptors (Lipinski definition) is 6. The van der Waals surface area contributed by atoms with E-state index in [-0.39, 0.29) is 5.25 Å². The van der Waals surface area contributed by atoms with Crippen molar-refractivity contribution in [3.05, 3.63) is 11.8 Å². The van der Waals surface area contributed by atoms with Gasteiger partial charge < -0.3 is 10.6 Å². The first-order valence-electron chi connectivity index (χ1n) is 6.00. The Kier molecular flexibility index (Phi) is 3.70. The van der Waals surface area contributed by atoms with E-state index in [1.165, 1.54) is 0 Å². The quantitative estimate of drug-likeness (QED) is 0.842. The van der Waals surface area contributed by atoms with Crippen LogP contribution in [0.3, 0.4) is 0 Å². The molecule has 1 aliphatic heterocycles. The van der Waals surface area contributed by atoms with Crippen molar-refractivity contribution >= 4 is 21.6 Å². The topological polar surface area (TPSA) is 84.0 Å². The van der Waals surface area contributed by atoms with E-state index in [2.05, 4.69) is 20.6 Å². The molecule has 0 radical (unpaired) electrons. The first kappa shape index (κ1) is 13.1. The van der Waals surface area contributed by atoms with Gasteiger partial charge in [-0.15, -0.1) is 0 Å². The summed E-state index contributed by atoms with van der Waals surface area (Å²) in [6.45, 7) is 2.31. The molecule has 1 unspecified atom stereocenters. The Morgan fingerprint density at radius 1 is 1.50 bits per heavy atom. The molecule has 1 fully saturated rings. The zero-order valence-electron chi connectivity index (χ0n) is 10.6. The predicted molar refractivity (Wildman–Crippen MR) is 71.6 cm³/mol. The molecule has 1 saturated heterocycles. The number of rotatable bonds is 4. The van der Waals surface area contributed by atoms with Gasteiger partial charge >= 0.3 is 0 Å². The molecule has 1 atom stereocenters. The summed E-state index contributed by atoms with van der Waals surface area (Å²) in [4.78, 5) is 8.36. The van der Waals surface area contributed by atoms with E-state index in [4.69, 9.17) is 0 Å². The van der Waals surface area contributed by atoms with Gasteiger partial charge in [-0.3, -0.25) is 0 Å². The Balaban J connectivity index is 2.06. The van der Waals surface area contributed by atoms with Gasteiger partial charge in [-0.1, -0.05) is 0 Å². The molecule has 7 heteroatoms. The summed E-state index contributed by atoms with van der Waals surface area (Å²) in [6.07, 6.45) is 3.21. The zero-order valence-corrected chi connectivity index (χ0v) is 11.4. The number of sulfone groups is 1. The lowest BCUT2D eigenvalue weighted by Gasteiger charge is -2.13. The average molecular weight is 270 g/mol. The third kappa shape index (κ3) is 2.72. The van der Waals surface area contributed by atoms with Crippen LogP contribution in [0.5, 0.6) is 0 Å². The second-order valence-corrected chi connectivity index (χ2v) is 6.89. The maximum absolute atomic E-state index is 11.7. The van der Waals surface area contributed by atoms with Crippen LogP contribution in [0.1, 0.15) is 18.4 Å². The zero-order chi connectivity index (χ0) is 13.2. The highest BCUT2D eigenvalue weighted by atomic mass is 32.2. The molecule has 0 spiro atoms. The summed E-state index contributed by atoms with van der Waals surface area (Å²) in [5.41, 5.74) is 0.907. The first-order valence-corrected chi connectivity index (χ1v) is 7.71. The van der Waals surface area contributed by atoms with Gasteiger partial charge in [0.2, 0.25) is 5.95 Å². The summed E-state index contributed by atoms with van der Waals surface area (Å²) in [6, 6.07) is 0. The number of aryl methyl sites for hydroxylation is 1. The molecule has 1 aliphatic rings. The Morgan fingerprint density at radius 2 is 2.28 bits per heavy atom. The van der Waals surface area contributed by atoms with Gasteiger partial charge in [0.25, 0.3) is 0 Å². The van der Waals surface area contributed by atoms with E-state index in [1.807, 2.05) is 6.92 Å². The fourth-order valence-electron chi connectivity index (χ4n) is 2.04. The summed E-state index contributed by atoms with van der Waals surface area (Å²) in [5.74, 6) is 1.53. The molecule has 6 nitrogen and oxygen atoms in total. The van der Waals surface area contributed by atoms with E-state index in [9.17, 15) is 8.42 Å². The number of nitrogens with zero attached hydrogens (tertiary/aromatic N) is 2. The van der Waals surface area contributed by atoms with Crippen molar-refractivity contribution in [1.82, 2.24) is 9.97 Å². The second-order valence-electron chi connectivity index (χ2n) is 4.49. The molecule has 1 aromatic rings. The molecule has 18 heavy (non-hydrogen) atoms. The summed E-state index contributed by atoms with van der Waals surface area (Å²) < 4.78 is 23.4. The minimum Gasteiger partial charge on any atom is -0.368 e. The maximum Gasteiger partial charge on any atom is 0.224 e. The van der Waals surface area contributed by atoms with Gasteiger partial charge in [0.05, 0.1) is 11.0 Å². The minimum atomic E-state index is -2.91. The monoisotopic (exact) mass is 270 g/mol. The SMILES string of the molecule is CNc1ncc(C)c(NCC2CCCS2(=O)=O)n1. The van der Waals surface area contributed by atoms with Crippen LogP contribution in [0.15, 0.2) is 6.20 Å². The Bertz CT molecular complexity index is 530. The third-order valence-corrected chi connectivity index (χ3v) is 5.43. The van der Waals surface area contributed by atoms with Gasteiger partial charge in [0.15, 0.2) is 9.84 Å². The molecule has 2 rings (SSSR count). The van der Waals surface area contributed by atoms with Crippen molar-refractivity contribution in [3.63, 3.8) is 0 Å². The molecule has 0 aliphatic carbocycles. The highest BCUT2D eigenvalue weighted by Gasteiger charge is 2.30. The van der Waals surface area contributed by atoms with E-state index in [0.29, 0.717) is 24.1 Å². The van der Waals surface area contributed by atoms with Crippen molar-refractivity contribution in [3.8, 4) is 0 Å². The van der Waals surface area contributed by atoms with E-state index >= 15 is 0 Å². The van der Waals surface area contributed by atoms with Crippen LogP contribution in [0.25, 0.3) is 0 Å². The summed E-state index contributed by atoms with van der Waals surface area (Å²) in [5, 5.41) is 5.69. The molecular weight excluding hydrogens is 252 g/mol. The predicted octanol–water partition coefficient (Wildman–Crippen LogP) is 0.816. The van der Waals surface area contributed by atoms with Gasteiger partial charge in [-0.05, 0) is 19.8 Å². The molecule has 1 aromatic heterocycles. The van der Waals surface area contributed by atoms with Crippen molar-refractivity contribution in [1.29, 1.82) is 0 Å². The van der Waals surface area contributed by atoms with Crippen LogP contribution in [0.4, 0.5) is 11.8 Å². The molecule has 2 heterocycles. The van der Waals surface area contributed by atoms with Crippen LogP contribution in [-0.4, -0.2) is 43.0 Å². The Labute approximate surface area is 107 Å². The van der Waals surface area contributed by atoms with Crippen molar-refractivity contribution in [2.24, 2.45) is 0 Å². The number of anilines is 2. The lowest BCUT2D eigenvalue weighted by atomic mass is 10.2. The summed E-state index contributed by atoms with van der Waals surface area (Å²) in [7, 11) is -1.16. The van der Waals surface area contributed by atoms with E-state index in [0.717, 1.165) is 18.4 Å². The molecule has 2 N–H and O–H groups in total. The van der Waals surface area contributed by atoms with E-state index in [1.54, 1.807) is 13.2 Å². The summed E-state index contributed by atoms with van der Waals surface area (Å²) >= 11 is 0. The van der Waals surface area contributed by atoms with Crippen LogP contribution in [0.2, 0.25) is 0 Å². The van der Waals surface area contributed by atoms with Gasteiger partial charge in [-0.2, -0.15) is 4.98 Å². The lowest BCUT2D eigenvalue weighted by Crippen LogP contribution is -2.25. The normalized spacial score (nSPS) is 21.8. The Hall–Kier alpha value is -1.37.